The van der Waals surface area contributed by atoms with E-state index in [0.29, 0.717) is 17.9 Å². The van der Waals surface area contributed by atoms with Crippen LogP contribution in [0.5, 0.6) is 0 Å². The normalized spacial score (nSPS) is 12.5. The topological polar surface area (TPSA) is 26.3 Å². The highest BCUT2D eigenvalue weighted by Gasteiger charge is 2.01. The standard InChI is InChI=1S/C10H19BrO2/c1-3-13-10(12)8-6-4-5-7-9(2)11/h9H,3-8H2,1-2H3. The number of halogens is 1. The Labute approximate surface area is 89.2 Å². The molecular formula is C10H19BrO2. The van der Waals surface area contributed by atoms with E-state index in [9.17, 15) is 4.79 Å². The van der Waals surface area contributed by atoms with Gasteiger partial charge in [0.2, 0.25) is 0 Å². The average Bonchev–Trinajstić information content (AvgIpc) is 2.03. The van der Waals surface area contributed by atoms with Crippen molar-refractivity contribution in [3.8, 4) is 0 Å². The molecular weight excluding hydrogens is 232 g/mol. The molecule has 78 valence electrons. The molecule has 0 N–H and O–H groups in total. The van der Waals surface area contributed by atoms with Crippen LogP contribution in [0.1, 0.15) is 46.0 Å². The van der Waals surface area contributed by atoms with Gasteiger partial charge in [-0.15, -0.1) is 0 Å². The molecule has 0 aliphatic heterocycles. The van der Waals surface area contributed by atoms with Crippen LogP contribution < -0.4 is 0 Å². The fourth-order valence-electron chi connectivity index (χ4n) is 1.10. The van der Waals surface area contributed by atoms with Crippen LogP contribution in [0, 0.1) is 0 Å². The molecule has 2 nitrogen and oxygen atoms in total. The Hall–Kier alpha value is -0.0500. The van der Waals surface area contributed by atoms with Crippen molar-refractivity contribution in [3.63, 3.8) is 0 Å². The van der Waals surface area contributed by atoms with E-state index in [1.165, 1.54) is 12.8 Å². The summed E-state index contributed by atoms with van der Waals surface area (Å²) in [5.41, 5.74) is 0. The summed E-state index contributed by atoms with van der Waals surface area (Å²) in [7, 11) is 0. The van der Waals surface area contributed by atoms with E-state index in [2.05, 4.69) is 22.9 Å². The van der Waals surface area contributed by atoms with Gasteiger partial charge in [-0.25, -0.2) is 0 Å². The summed E-state index contributed by atoms with van der Waals surface area (Å²) in [6.45, 7) is 4.48. The van der Waals surface area contributed by atoms with Crippen molar-refractivity contribution >= 4 is 21.9 Å². The quantitative estimate of drug-likeness (QED) is 0.394. The zero-order valence-corrected chi connectivity index (χ0v) is 10.1. The lowest BCUT2D eigenvalue weighted by Crippen LogP contribution is -2.03. The van der Waals surface area contributed by atoms with Gasteiger partial charge in [0.1, 0.15) is 0 Å². The largest absolute Gasteiger partial charge is 0.466 e. The molecule has 0 bridgehead atoms. The first-order chi connectivity index (χ1) is 6.16. The highest BCUT2D eigenvalue weighted by molar-refractivity contribution is 9.09. The minimum absolute atomic E-state index is 0.0607. The Morgan fingerprint density at radius 2 is 2.08 bits per heavy atom. The fraction of sp³-hybridized carbons (Fsp3) is 0.900. The second-order valence-corrected chi connectivity index (χ2v) is 4.75. The molecule has 0 heterocycles. The first kappa shape index (κ1) is 12.9. The third kappa shape index (κ3) is 9.87. The lowest BCUT2D eigenvalue weighted by atomic mass is 10.1. The van der Waals surface area contributed by atoms with Crippen molar-refractivity contribution in [1.29, 1.82) is 0 Å². The van der Waals surface area contributed by atoms with Crippen LogP contribution in [0.15, 0.2) is 0 Å². The van der Waals surface area contributed by atoms with Gasteiger partial charge in [-0.1, -0.05) is 35.7 Å². The van der Waals surface area contributed by atoms with Crippen LogP contribution >= 0.6 is 15.9 Å². The van der Waals surface area contributed by atoms with E-state index < -0.39 is 0 Å². The zero-order chi connectivity index (χ0) is 10.1. The van der Waals surface area contributed by atoms with Crippen LogP contribution in [0.25, 0.3) is 0 Å². The highest BCUT2D eigenvalue weighted by Crippen LogP contribution is 2.11. The van der Waals surface area contributed by atoms with Gasteiger partial charge in [-0.2, -0.15) is 0 Å². The predicted molar refractivity (Wildman–Crippen MR) is 58.1 cm³/mol. The van der Waals surface area contributed by atoms with Gasteiger partial charge in [0.15, 0.2) is 0 Å². The van der Waals surface area contributed by atoms with Crippen molar-refractivity contribution in [2.75, 3.05) is 6.61 Å². The van der Waals surface area contributed by atoms with Crippen molar-refractivity contribution in [2.24, 2.45) is 0 Å². The predicted octanol–water partition coefficient (Wildman–Crippen LogP) is 3.28. The summed E-state index contributed by atoms with van der Waals surface area (Å²) >= 11 is 3.49. The molecule has 0 amide bonds. The molecule has 0 aliphatic rings. The van der Waals surface area contributed by atoms with Gasteiger partial charge in [0, 0.05) is 11.2 Å². The summed E-state index contributed by atoms with van der Waals surface area (Å²) in [6, 6.07) is 0. The minimum atomic E-state index is -0.0607. The zero-order valence-electron chi connectivity index (χ0n) is 8.51. The van der Waals surface area contributed by atoms with E-state index in [4.69, 9.17) is 4.74 Å². The van der Waals surface area contributed by atoms with E-state index >= 15 is 0 Å². The molecule has 0 saturated carbocycles. The third-order valence-electron chi connectivity index (χ3n) is 1.79. The monoisotopic (exact) mass is 250 g/mol. The second kappa shape index (κ2) is 8.54. The molecule has 13 heavy (non-hydrogen) atoms. The lowest BCUT2D eigenvalue weighted by Gasteiger charge is -2.03. The number of unbranched alkanes of at least 4 members (excludes halogenated alkanes) is 2. The molecule has 0 saturated heterocycles. The van der Waals surface area contributed by atoms with Crippen LogP contribution in [0.4, 0.5) is 0 Å². The van der Waals surface area contributed by atoms with Crippen molar-refractivity contribution in [2.45, 2.75) is 50.8 Å². The fourth-order valence-corrected chi connectivity index (χ4v) is 1.43. The number of ether oxygens (including phenoxy) is 1. The van der Waals surface area contributed by atoms with Gasteiger partial charge in [-0.3, -0.25) is 4.79 Å². The Morgan fingerprint density at radius 1 is 1.38 bits per heavy atom. The molecule has 0 aliphatic carbocycles. The molecule has 0 radical (unpaired) electrons. The van der Waals surface area contributed by atoms with E-state index in [-0.39, 0.29) is 5.97 Å². The Bertz CT molecular complexity index is 135. The summed E-state index contributed by atoms with van der Waals surface area (Å²) in [5, 5.41) is 0. The number of hydrogen-bond acceptors (Lipinski definition) is 2. The molecule has 0 aromatic rings. The van der Waals surface area contributed by atoms with Gasteiger partial charge < -0.3 is 4.74 Å². The van der Waals surface area contributed by atoms with Crippen LogP contribution in [-0.2, 0) is 9.53 Å². The molecule has 1 atom stereocenters. The maximum atomic E-state index is 10.9. The van der Waals surface area contributed by atoms with Crippen LogP contribution in [0.3, 0.4) is 0 Å². The summed E-state index contributed by atoms with van der Waals surface area (Å²) in [5.74, 6) is -0.0607. The number of rotatable bonds is 7. The average molecular weight is 251 g/mol. The molecule has 1 unspecified atom stereocenters. The maximum Gasteiger partial charge on any atom is 0.305 e. The maximum absolute atomic E-state index is 10.9. The number of carbonyl (C=O) groups is 1. The van der Waals surface area contributed by atoms with Gasteiger partial charge in [0.25, 0.3) is 0 Å². The first-order valence-corrected chi connectivity index (χ1v) is 5.88. The van der Waals surface area contributed by atoms with Gasteiger partial charge in [0.05, 0.1) is 6.61 Å². The van der Waals surface area contributed by atoms with Gasteiger partial charge in [-0.05, 0) is 19.8 Å². The number of esters is 1. The van der Waals surface area contributed by atoms with Crippen molar-refractivity contribution in [1.82, 2.24) is 0 Å². The number of carbonyl (C=O) groups excluding carboxylic acids is 1. The van der Waals surface area contributed by atoms with Crippen LogP contribution in [-0.4, -0.2) is 17.4 Å². The SMILES string of the molecule is CCOC(=O)CCCCCC(C)Br. The Balaban J connectivity index is 3.11. The van der Waals surface area contributed by atoms with Gasteiger partial charge >= 0.3 is 5.97 Å². The summed E-state index contributed by atoms with van der Waals surface area (Å²) < 4.78 is 4.82. The van der Waals surface area contributed by atoms with E-state index in [1.807, 2.05) is 6.92 Å². The molecule has 3 heteroatoms. The molecule has 0 aromatic carbocycles. The van der Waals surface area contributed by atoms with Crippen LogP contribution in [0.2, 0.25) is 0 Å². The number of alkyl halides is 1. The smallest absolute Gasteiger partial charge is 0.305 e. The minimum Gasteiger partial charge on any atom is -0.466 e. The van der Waals surface area contributed by atoms with Crippen molar-refractivity contribution in [3.05, 3.63) is 0 Å². The van der Waals surface area contributed by atoms with Crippen molar-refractivity contribution < 1.29 is 9.53 Å². The highest BCUT2D eigenvalue weighted by atomic mass is 79.9. The van der Waals surface area contributed by atoms with E-state index in [1.54, 1.807) is 0 Å². The Morgan fingerprint density at radius 3 is 2.62 bits per heavy atom. The molecule has 0 fully saturated rings. The Kier molecular flexibility index (Phi) is 8.51. The lowest BCUT2D eigenvalue weighted by molar-refractivity contribution is -0.143. The van der Waals surface area contributed by atoms with E-state index in [0.717, 1.165) is 12.8 Å². The molecule has 0 rings (SSSR count). The third-order valence-corrected chi connectivity index (χ3v) is 2.25. The summed E-state index contributed by atoms with van der Waals surface area (Å²) in [4.78, 5) is 11.5. The molecule has 0 spiro atoms. The first-order valence-electron chi connectivity index (χ1n) is 4.96. The number of hydrogen-bond donors (Lipinski definition) is 0. The second-order valence-electron chi connectivity index (χ2n) is 3.19. The summed E-state index contributed by atoms with van der Waals surface area (Å²) in [6.07, 6.45) is 5.02. The molecule has 0 aromatic heterocycles.